The number of pyridine rings is 1. The predicted molar refractivity (Wildman–Crippen MR) is 101 cm³/mol. The first-order valence-electron chi connectivity index (χ1n) is 9.17. The van der Waals surface area contributed by atoms with Crippen molar-refractivity contribution < 1.29 is 4.42 Å². The van der Waals surface area contributed by atoms with Crippen molar-refractivity contribution in [3.8, 4) is 11.3 Å². The third-order valence-electron chi connectivity index (χ3n) is 5.01. The number of benzene rings is 1. The standard InChI is InChI=1S/C21H24N4O/c1-17(21-23-15-20(26-21)18-7-3-2-4-8-18)25-13-11-24(12-14-25)16-19-9-5-6-10-22-19/h2-10,15,17H,11-14,16H2,1H3. The van der Waals surface area contributed by atoms with Gasteiger partial charge in [0.1, 0.15) is 0 Å². The fourth-order valence-electron chi connectivity index (χ4n) is 3.40. The van der Waals surface area contributed by atoms with Gasteiger partial charge < -0.3 is 4.42 Å². The van der Waals surface area contributed by atoms with Crippen LogP contribution in [0.2, 0.25) is 0 Å². The van der Waals surface area contributed by atoms with Crippen molar-refractivity contribution in [2.45, 2.75) is 19.5 Å². The molecule has 0 spiro atoms. The average molecular weight is 348 g/mol. The maximum atomic E-state index is 6.03. The number of oxazole rings is 1. The van der Waals surface area contributed by atoms with E-state index in [2.05, 4.69) is 32.8 Å². The predicted octanol–water partition coefficient (Wildman–Crippen LogP) is 3.62. The van der Waals surface area contributed by atoms with Crippen LogP contribution in [0.1, 0.15) is 24.6 Å². The van der Waals surface area contributed by atoms with E-state index in [1.807, 2.05) is 54.9 Å². The number of aromatic nitrogens is 2. The highest BCUT2D eigenvalue weighted by Gasteiger charge is 2.25. The van der Waals surface area contributed by atoms with Crippen molar-refractivity contribution in [2.75, 3.05) is 26.2 Å². The van der Waals surface area contributed by atoms with Crippen LogP contribution in [-0.4, -0.2) is 45.9 Å². The minimum absolute atomic E-state index is 0.185. The number of rotatable bonds is 5. The highest BCUT2D eigenvalue weighted by molar-refractivity contribution is 5.55. The Balaban J connectivity index is 1.35. The van der Waals surface area contributed by atoms with Gasteiger partial charge in [0.15, 0.2) is 5.76 Å². The Morgan fingerprint density at radius 3 is 2.46 bits per heavy atom. The maximum absolute atomic E-state index is 6.03. The highest BCUT2D eigenvalue weighted by Crippen LogP contribution is 2.26. The zero-order valence-electron chi connectivity index (χ0n) is 15.1. The van der Waals surface area contributed by atoms with Gasteiger partial charge in [0.25, 0.3) is 0 Å². The number of hydrogen-bond acceptors (Lipinski definition) is 5. The summed E-state index contributed by atoms with van der Waals surface area (Å²) in [6.45, 7) is 7.18. The quantitative estimate of drug-likeness (QED) is 0.705. The van der Waals surface area contributed by atoms with E-state index in [4.69, 9.17) is 4.42 Å². The molecule has 0 saturated carbocycles. The Morgan fingerprint density at radius 2 is 1.73 bits per heavy atom. The van der Waals surface area contributed by atoms with Gasteiger partial charge >= 0.3 is 0 Å². The monoisotopic (exact) mass is 348 g/mol. The van der Waals surface area contributed by atoms with Gasteiger partial charge in [0, 0.05) is 44.5 Å². The lowest BCUT2D eigenvalue weighted by Crippen LogP contribution is -2.46. The van der Waals surface area contributed by atoms with E-state index < -0.39 is 0 Å². The second-order valence-electron chi connectivity index (χ2n) is 6.74. The molecule has 1 aliphatic rings. The lowest BCUT2D eigenvalue weighted by Gasteiger charge is -2.36. The highest BCUT2D eigenvalue weighted by atomic mass is 16.4. The topological polar surface area (TPSA) is 45.4 Å². The van der Waals surface area contributed by atoms with Gasteiger partial charge in [-0.3, -0.25) is 14.8 Å². The first-order chi connectivity index (χ1) is 12.8. The van der Waals surface area contributed by atoms with E-state index in [1.165, 1.54) is 0 Å². The number of piperazine rings is 1. The number of nitrogens with zero attached hydrogens (tertiary/aromatic N) is 4. The fourth-order valence-corrected chi connectivity index (χ4v) is 3.40. The van der Waals surface area contributed by atoms with Crippen LogP contribution < -0.4 is 0 Å². The van der Waals surface area contributed by atoms with E-state index in [1.54, 1.807) is 0 Å². The zero-order valence-corrected chi connectivity index (χ0v) is 15.1. The first-order valence-corrected chi connectivity index (χ1v) is 9.17. The molecule has 2 aromatic heterocycles. The maximum Gasteiger partial charge on any atom is 0.211 e. The van der Waals surface area contributed by atoms with Crippen LogP contribution in [0, 0.1) is 0 Å². The molecule has 1 saturated heterocycles. The van der Waals surface area contributed by atoms with Crippen LogP contribution in [0.3, 0.4) is 0 Å². The third-order valence-corrected chi connectivity index (χ3v) is 5.01. The van der Waals surface area contributed by atoms with Crippen LogP contribution in [-0.2, 0) is 6.54 Å². The molecule has 3 aromatic rings. The zero-order chi connectivity index (χ0) is 17.8. The molecule has 1 aliphatic heterocycles. The van der Waals surface area contributed by atoms with E-state index in [0.717, 1.165) is 55.6 Å². The first kappa shape index (κ1) is 16.9. The van der Waals surface area contributed by atoms with Crippen LogP contribution in [0.5, 0.6) is 0 Å². The molecule has 0 amide bonds. The summed E-state index contributed by atoms with van der Waals surface area (Å²) < 4.78 is 6.03. The molecule has 5 heteroatoms. The Bertz CT molecular complexity index is 810. The Kier molecular flexibility index (Phi) is 5.09. The van der Waals surface area contributed by atoms with Crippen molar-refractivity contribution in [2.24, 2.45) is 0 Å². The van der Waals surface area contributed by atoms with Gasteiger partial charge in [0.05, 0.1) is 17.9 Å². The van der Waals surface area contributed by atoms with E-state index >= 15 is 0 Å². The van der Waals surface area contributed by atoms with Crippen molar-refractivity contribution in [1.82, 2.24) is 19.8 Å². The van der Waals surface area contributed by atoms with E-state index in [0.29, 0.717) is 0 Å². The van der Waals surface area contributed by atoms with Gasteiger partial charge in [-0.25, -0.2) is 4.98 Å². The normalized spacial score (nSPS) is 17.3. The van der Waals surface area contributed by atoms with Crippen molar-refractivity contribution in [3.05, 3.63) is 72.5 Å². The molecule has 1 fully saturated rings. The summed E-state index contributed by atoms with van der Waals surface area (Å²) in [7, 11) is 0. The summed E-state index contributed by atoms with van der Waals surface area (Å²) in [5.74, 6) is 1.63. The molecular formula is C21H24N4O. The summed E-state index contributed by atoms with van der Waals surface area (Å²) in [6.07, 6.45) is 3.69. The van der Waals surface area contributed by atoms with Gasteiger partial charge in [-0.1, -0.05) is 36.4 Å². The summed E-state index contributed by atoms with van der Waals surface area (Å²) in [5.41, 5.74) is 2.20. The fraction of sp³-hybridized carbons (Fsp3) is 0.333. The lowest BCUT2D eigenvalue weighted by molar-refractivity contribution is 0.0870. The van der Waals surface area contributed by atoms with Crippen molar-refractivity contribution >= 4 is 0 Å². The average Bonchev–Trinajstić information content (AvgIpc) is 3.20. The molecule has 1 atom stereocenters. The van der Waals surface area contributed by atoms with Crippen LogP contribution >= 0.6 is 0 Å². The molecule has 0 N–H and O–H groups in total. The molecule has 26 heavy (non-hydrogen) atoms. The summed E-state index contributed by atoms with van der Waals surface area (Å²) >= 11 is 0. The summed E-state index contributed by atoms with van der Waals surface area (Å²) in [6, 6.07) is 16.4. The Labute approximate surface area is 154 Å². The summed E-state index contributed by atoms with van der Waals surface area (Å²) in [4.78, 5) is 13.8. The molecule has 0 radical (unpaired) electrons. The van der Waals surface area contributed by atoms with Gasteiger partial charge in [-0.15, -0.1) is 0 Å². The van der Waals surface area contributed by atoms with Crippen LogP contribution in [0.25, 0.3) is 11.3 Å². The minimum Gasteiger partial charge on any atom is -0.439 e. The minimum atomic E-state index is 0.185. The molecular weight excluding hydrogens is 324 g/mol. The van der Waals surface area contributed by atoms with Gasteiger partial charge in [0.2, 0.25) is 5.89 Å². The molecule has 0 bridgehead atoms. The smallest absolute Gasteiger partial charge is 0.211 e. The second kappa shape index (κ2) is 7.81. The Hall–Kier alpha value is -2.50. The van der Waals surface area contributed by atoms with Crippen LogP contribution in [0.15, 0.2) is 65.3 Å². The Morgan fingerprint density at radius 1 is 0.962 bits per heavy atom. The second-order valence-corrected chi connectivity index (χ2v) is 6.74. The van der Waals surface area contributed by atoms with Gasteiger partial charge in [-0.2, -0.15) is 0 Å². The van der Waals surface area contributed by atoms with Gasteiger partial charge in [-0.05, 0) is 19.1 Å². The largest absolute Gasteiger partial charge is 0.439 e. The number of hydrogen-bond donors (Lipinski definition) is 0. The van der Waals surface area contributed by atoms with Crippen molar-refractivity contribution in [3.63, 3.8) is 0 Å². The lowest BCUT2D eigenvalue weighted by atomic mass is 10.2. The molecule has 134 valence electrons. The molecule has 5 nitrogen and oxygen atoms in total. The third kappa shape index (κ3) is 3.84. The molecule has 1 unspecified atom stereocenters. The molecule has 0 aliphatic carbocycles. The van der Waals surface area contributed by atoms with Crippen LogP contribution in [0.4, 0.5) is 0 Å². The van der Waals surface area contributed by atoms with E-state index in [-0.39, 0.29) is 6.04 Å². The summed E-state index contributed by atoms with van der Waals surface area (Å²) in [5, 5.41) is 0. The molecule has 3 heterocycles. The SMILES string of the molecule is CC(c1ncc(-c2ccccc2)o1)N1CCN(Cc2ccccn2)CC1. The molecule has 1 aromatic carbocycles. The van der Waals surface area contributed by atoms with E-state index in [9.17, 15) is 0 Å². The molecule has 4 rings (SSSR count). The van der Waals surface area contributed by atoms with Crippen molar-refractivity contribution in [1.29, 1.82) is 0 Å².